The third-order valence-corrected chi connectivity index (χ3v) is 3.51. The molecule has 0 bridgehead atoms. The molecule has 0 amide bonds. The molecule has 3 aromatic rings. The Morgan fingerprint density at radius 3 is 2.68 bits per heavy atom. The number of hydrogen-bond donors (Lipinski definition) is 2. The van der Waals surface area contributed by atoms with Gasteiger partial charge >= 0.3 is 0 Å². The summed E-state index contributed by atoms with van der Waals surface area (Å²) in [5.41, 5.74) is 2.59. The van der Waals surface area contributed by atoms with Crippen LogP contribution in [0.3, 0.4) is 0 Å². The molecule has 2 N–H and O–H groups in total. The van der Waals surface area contributed by atoms with Crippen LogP contribution in [0.15, 0.2) is 54.7 Å². The Balaban J connectivity index is 1.67. The quantitative estimate of drug-likeness (QED) is 0.679. The van der Waals surface area contributed by atoms with E-state index in [1.165, 1.54) is 0 Å². The second kappa shape index (κ2) is 6.35. The van der Waals surface area contributed by atoms with E-state index in [2.05, 4.69) is 10.3 Å². The highest BCUT2D eigenvalue weighted by Crippen LogP contribution is 2.19. The average molecular weight is 294 g/mol. The summed E-state index contributed by atoms with van der Waals surface area (Å²) in [5.74, 6) is 0.891. The van der Waals surface area contributed by atoms with Gasteiger partial charge < -0.3 is 15.0 Å². The van der Waals surface area contributed by atoms with Gasteiger partial charge in [-0.05, 0) is 37.3 Å². The molecule has 112 valence electrons. The Labute approximate surface area is 129 Å². The van der Waals surface area contributed by atoms with Crippen LogP contribution in [-0.2, 0) is 0 Å². The fraction of sp³-hybridized carbons (Fsp3) is 0.167. The number of Topliss-reactive ketones (excluding diaryl/α,β-unsaturated/α-hetero) is 1. The lowest BCUT2D eigenvalue weighted by atomic mass is 10.1. The van der Waals surface area contributed by atoms with Crippen molar-refractivity contribution in [3.8, 4) is 5.75 Å². The first kappa shape index (κ1) is 14.2. The number of aromatic nitrogens is 1. The number of benzene rings is 2. The van der Waals surface area contributed by atoms with Crippen molar-refractivity contribution >= 4 is 22.4 Å². The Hall–Kier alpha value is -2.75. The summed E-state index contributed by atoms with van der Waals surface area (Å²) in [6.07, 6.45) is 1.77. The lowest BCUT2D eigenvalue weighted by Crippen LogP contribution is -2.13. The number of para-hydroxylation sites is 1. The summed E-state index contributed by atoms with van der Waals surface area (Å²) in [5, 5.41) is 4.11. The number of carbonyl (C=O) groups is 1. The lowest BCUT2D eigenvalue weighted by Gasteiger charge is -2.07. The molecule has 1 heterocycles. The van der Waals surface area contributed by atoms with E-state index >= 15 is 0 Å². The number of nitrogens with one attached hydrogen (secondary N) is 2. The standard InChI is InChI=1S/C18H18N2O2/c1-2-22-14-9-7-13(8-10-14)19-12-18(21)16-11-20-17-6-4-3-5-15(16)17/h3-11,19-20H,2,12H2,1H3. The van der Waals surface area contributed by atoms with Crippen molar-refractivity contribution < 1.29 is 9.53 Å². The first-order chi connectivity index (χ1) is 10.8. The molecule has 0 aliphatic rings. The van der Waals surface area contributed by atoms with Gasteiger partial charge in [0.1, 0.15) is 5.75 Å². The van der Waals surface area contributed by atoms with Crippen LogP contribution in [-0.4, -0.2) is 23.9 Å². The average Bonchev–Trinajstić information content (AvgIpc) is 2.98. The van der Waals surface area contributed by atoms with Gasteiger partial charge in [-0.15, -0.1) is 0 Å². The molecule has 0 fully saturated rings. The van der Waals surface area contributed by atoms with Gasteiger partial charge in [-0.25, -0.2) is 0 Å². The molecule has 0 spiro atoms. The lowest BCUT2D eigenvalue weighted by molar-refractivity contribution is 0.101. The van der Waals surface area contributed by atoms with Crippen LogP contribution in [0.5, 0.6) is 5.75 Å². The second-order valence-electron chi connectivity index (χ2n) is 4.98. The van der Waals surface area contributed by atoms with Crippen LogP contribution >= 0.6 is 0 Å². The van der Waals surface area contributed by atoms with E-state index in [1.807, 2.05) is 55.5 Å². The van der Waals surface area contributed by atoms with Crippen LogP contribution < -0.4 is 10.1 Å². The Kier molecular flexibility index (Phi) is 4.10. The van der Waals surface area contributed by atoms with Crippen molar-refractivity contribution in [2.45, 2.75) is 6.92 Å². The SMILES string of the molecule is CCOc1ccc(NCC(=O)c2c[nH]c3ccccc23)cc1. The molecule has 22 heavy (non-hydrogen) atoms. The minimum absolute atomic E-state index is 0.0614. The summed E-state index contributed by atoms with van der Waals surface area (Å²) < 4.78 is 5.39. The van der Waals surface area contributed by atoms with Crippen molar-refractivity contribution in [3.63, 3.8) is 0 Å². The molecule has 4 heteroatoms. The predicted octanol–water partition coefficient (Wildman–Crippen LogP) is 3.86. The first-order valence-electron chi connectivity index (χ1n) is 7.34. The van der Waals surface area contributed by atoms with E-state index in [0.717, 1.165) is 22.3 Å². The molecule has 2 aromatic carbocycles. The van der Waals surface area contributed by atoms with Crippen molar-refractivity contribution in [2.24, 2.45) is 0 Å². The fourth-order valence-corrected chi connectivity index (χ4v) is 2.42. The minimum Gasteiger partial charge on any atom is -0.494 e. The van der Waals surface area contributed by atoms with Gasteiger partial charge in [0.05, 0.1) is 13.2 Å². The van der Waals surface area contributed by atoms with E-state index in [1.54, 1.807) is 6.20 Å². The smallest absolute Gasteiger partial charge is 0.183 e. The molecule has 0 radical (unpaired) electrons. The molecule has 0 saturated carbocycles. The van der Waals surface area contributed by atoms with Crippen LogP contribution in [0.1, 0.15) is 17.3 Å². The third-order valence-electron chi connectivity index (χ3n) is 3.51. The molecule has 0 atom stereocenters. The monoisotopic (exact) mass is 294 g/mol. The van der Waals surface area contributed by atoms with Crippen LogP contribution in [0.2, 0.25) is 0 Å². The minimum atomic E-state index is 0.0614. The number of H-pyrrole nitrogens is 1. The van der Waals surface area contributed by atoms with Crippen molar-refractivity contribution in [3.05, 3.63) is 60.3 Å². The number of fused-ring (bicyclic) bond motifs is 1. The number of rotatable bonds is 6. The van der Waals surface area contributed by atoms with E-state index in [0.29, 0.717) is 12.2 Å². The highest BCUT2D eigenvalue weighted by Gasteiger charge is 2.11. The number of hydrogen-bond acceptors (Lipinski definition) is 3. The van der Waals surface area contributed by atoms with Gasteiger partial charge in [-0.1, -0.05) is 18.2 Å². The normalized spacial score (nSPS) is 10.6. The third kappa shape index (κ3) is 2.96. The maximum Gasteiger partial charge on any atom is 0.183 e. The van der Waals surface area contributed by atoms with Crippen LogP contribution in [0.25, 0.3) is 10.9 Å². The number of ketones is 1. The summed E-state index contributed by atoms with van der Waals surface area (Å²) >= 11 is 0. The van der Waals surface area contributed by atoms with Gasteiger partial charge in [0.25, 0.3) is 0 Å². The van der Waals surface area contributed by atoms with E-state index in [9.17, 15) is 4.79 Å². The molecule has 4 nitrogen and oxygen atoms in total. The van der Waals surface area contributed by atoms with Gasteiger partial charge in [0.2, 0.25) is 0 Å². The van der Waals surface area contributed by atoms with Crippen LogP contribution in [0, 0.1) is 0 Å². The molecule has 0 aliphatic heterocycles. The Morgan fingerprint density at radius 2 is 1.91 bits per heavy atom. The number of anilines is 1. The maximum atomic E-state index is 12.4. The zero-order valence-electron chi connectivity index (χ0n) is 12.4. The van der Waals surface area contributed by atoms with Gasteiger partial charge in [-0.3, -0.25) is 4.79 Å². The number of aromatic amines is 1. The van der Waals surface area contributed by atoms with E-state index in [4.69, 9.17) is 4.74 Å². The molecular weight excluding hydrogens is 276 g/mol. The zero-order valence-corrected chi connectivity index (χ0v) is 12.4. The topological polar surface area (TPSA) is 54.1 Å². The second-order valence-corrected chi connectivity index (χ2v) is 4.98. The first-order valence-corrected chi connectivity index (χ1v) is 7.34. The largest absolute Gasteiger partial charge is 0.494 e. The van der Waals surface area contributed by atoms with Gasteiger partial charge in [-0.2, -0.15) is 0 Å². The highest BCUT2D eigenvalue weighted by atomic mass is 16.5. The molecular formula is C18H18N2O2. The number of carbonyl (C=O) groups excluding carboxylic acids is 1. The van der Waals surface area contributed by atoms with Crippen molar-refractivity contribution in [1.29, 1.82) is 0 Å². The Bertz CT molecular complexity index is 775. The highest BCUT2D eigenvalue weighted by molar-refractivity contribution is 6.09. The molecule has 0 unspecified atom stereocenters. The van der Waals surface area contributed by atoms with Gasteiger partial charge in [0, 0.05) is 28.4 Å². The van der Waals surface area contributed by atoms with E-state index in [-0.39, 0.29) is 12.3 Å². The van der Waals surface area contributed by atoms with Crippen molar-refractivity contribution in [2.75, 3.05) is 18.5 Å². The summed E-state index contributed by atoms with van der Waals surface area (Å²) in [7, 11) is 0. The maximum absolute atomic E-state index is 12.4. The Morgan fingerprint density at radius 1 is 1.14 bits per heavy atom. The molecule has 0 aliphatic carbocycles. The fourth-order valence-electron chi connectivity index (χ4n) is 2.42. The molecule has 1 aromatic heterocycles. The summed E-state index contributed by atoms with van der Waals surface area (Å²) in [6, 6.07) is 15.4. The molecule has 0 saturated heterocycles. The van der Waals surface area contributed by atoms with Gasteiger partial charge in [0.15, 0.2) is 5.78 Å². The van der Waals surface area contributed by atoms with Crippen LogP contribution in [0.4, 0.5) is 5.69 Å². The predicted molar refractivity (Wildman–Crippen MR) is 88.7 cm³/mol. The summed E-state index contributed by atoms with van der Waals surface area (Å²) in [4.78, 5) is 15.5. The number of ether oxygens (including phenoxy) is 1. The van der Waals surface area contributed by atoms with Crippen molar-refractivity contribution in [1.82, 2.24) is 4.98 Å². The van der Waals surface area contributed by atoms with E-state index < -0.39 is 0 Å². The molecule has 3 rings (SSSR count). The summed E-state index contributed by atoms with van der Waals surface area (Å²) in [6.45, 7) is 2.85. The zero-order chi connectivity index (χ0) is 15.4.